The Kier molecular flexibility index (Phi) is 6.49. The number of thiazole rings is 1. The lowest BCUT2D eigenvalue weighted by Gasteiger charge is -2.12. The van der Waals surface area contributed by atoms with Crippen LogP contribution in [0.15, 0.2) is 48.1 Å². The van der Waals surface area contributed by atoms with Crippen LogP contribution in [0.4, 0.5) is 5.69 Å². The topological polar surface area (TPSA) is 71.0 Å². The molecule has 27 heavy (non-hydrogen) atoms. The zero-order valence-electron chi connectivity index (χ0n) is 15.6. The van der Waals surface area contributed by atoms with Crippen LogP contribution in [-0.4, -0.2) is 41.5 Å². The average Bonchev–Trinajstić information content (AvgIpc) is 3.15. The molecule has 3 aromatic rings. The summed E-state index contributed by atoms with van der Waals surface area (Å²) >= 11 is 1.45. The lowest BCUT2D eigenvalue weighted by molar-refractivity contribution is -0.120. The number of nitrogens with one attached hydrogen (secondary N) is 1. The summed E-state index contributed by atoms with van der Waals surface area (Å²) in [6, 6.07) is 10.3. The van der Waals surface area contributed by atoms with E-state index < -0.39 is 0 Å². The SMILES string of the molecule is CN(C)c1ccc(CCCNC(=O)Cc2csc(-c3ncccn3)n2)cc1. The van der Waals surface area contributed by atoms with Crippen molar-refractivity contribution >= 4 is 22.9 Å². The molecular weight excluding hydrogens is 358 g/mol. The highest BCUT2D eigenvalue weighted by atomic mass is 32.1. The van der Waals surface area contributed by atoms with Crippen molar-refractivity contribution in [2.75, 3.05) is 25.5 Å². The molecule has 2 heterocycles. The molecule has 0 spiro atoms. The highest BCUT2D eigenvalue weighted by molar-refractivity contribution is 7.13. The first-order valence-electron chi connectivity index (χ1n) is 8.86. The summed E-state index contributed by atoms with van der Waals surface area (Å²) < 4.78 is 0. The van der Waals surface area contributed by atoms with E-state index in [-0.39, 0.29) is 12.3 Å². The van der Waals surface area contributed by atoms with E-state index in [0.29, 0.717) is 12.4 Å². The van der Waals surface area contributed by atoms with Crippen LogP contribution in [0.1, 0.15) is 17.7 Å². The number of hydrogen-bond donors (Lipinski definition) is 1. The van der Waals surface area contributed by atoms with Gasteiger partial charge in [-0.25, -0.2) is 15.0 Å². The fourth-order valence-electron chi connectivity index (χ4n) is 2.61. The van der Waals surface area contributed by atoms with E-state index >= 15 is 0 Å². The van der Waals surface area contributed by atoms with Crippen LogP contribution in [0.25, 0.3) is 10.8 Å². The molecule has 0 aliphatic carbocycles. The van der Waals surface area contributed by atoms with E-state index in [1.807, 2.05) is 19.5 Å². The summed E-state index contributed by atoms with van der Waals surface area (Å²) in [5.41, 5.74) is 3.22. The Morgan fingerprint density at radius 2 is 1.89 bits per heavy atom. The van der Waals surface area contributed by atoms with Crippen LogP contribution in [0.3, 0.4) is 0 Å². The van der Waals surface area contributed by atoms with Crippen molar-refractivity contribution < 1.29 is 4.79 Å². The van der Waals surface area contributed by atoms with Gasteiger partial charge in [-0.1, -0.05) is 12.1 Å². The summed E-state index contributed by atoms with van der Waals surface area (Å²) in [4.78, 5) is 27.0. The second-order valence-electron chi connectivity index (χ2n) is 6.41. The number of benzene rings is 1. The third-order valence-corrected chi connectivity index (χ3v) is 4.95. The third kappa shape index (κ3) is 5.59. The Hall–Kier alpha value is -2.80. The monoisotopic (exact) mass is 381 g/mol. The molecule has 0 bridgehead atoms. The first kappa shape index (κ1) is 19.0. The van der Waals surface area contributed by atoms with Crippen LogP contribution in [0.5, 0.6) is 0 Å². The third-order valence-electron chi connectivity index (χ3n) is 4.07. The quantitative estimate of drug-likeness (QED) is 0.608. The van der Waals surface area contributed by atoms with Gasteiger partial charge < -0.3 is 10.2 Å². The van der Waals surface area contributed by atoms with Crippen LogP contribution in [0.2, 0.25) is 0 Å². The van der Waals surface area contributed by atoms with E-state index in [0.717, 1.165) is 23.5 Å². The standard InChI is InChI=1S/C20H23N5OS/c1-25(2)17-8-6-15(7-9-17)5-3-10-21-18(26)13-16-14-27-20(24-16)19-22-11-4-12-23-19/h4,6-9,11-12,14H,3,5,10,13H2,1-2H3,(H,21,26). The van der Waals surface area contributed by atoms with Gasteiger partial charge in [0.1, 0.15) is 0 Å². The normalized spacial score (nSPS) is 10.6. The number of aromatic nitrogens is 3. The van der Waals surface area contributed by atoms with Gasteiger partial charge in [0.05, 0.1) is 12.1 Å². The predicted octanol–water partition coefficient (Wildman–Crippen LogP) is 2.96. The molecule has 6 nitrogen and oxygen atoms in total. The molecule has 0 aliphatic heterocycles. The molecule has 1 aromatic carbocycles. The van der Waals surface area contributed by atoms with Crippen LogP contribution < -0.4 is 10.2 Å². The van der Waals surface area contributed by atoms with E-state index in [1.54, 1.807) is 18.5 Å². The molecule has 1 N–H and O–H groups in total. The molecule has 2 aromatic heterocycles. The van der Waals surface area contributed by atoms with Gasteiger partial charge in [-0.15, -0.1) is 11.3 Å². The molecule has 7 heteroatoms. The first-order valence-corrected chi connectivity index (χ1v) is 9.74. The Labute approximate surface area is 163 Å². The Morgan fingerprint density at radius 1 is 1.15 bits per heavy atom. The van der Waals surface area contributed by atoms with Crippen molar-refractivity contribution in [3.05, 3.63) is 59.4 Å². The number of aryl methyl sites for hydroxylation is 1. The highest BCUT2D eigenvalue weighted by Crippen LogP contribution is 2.19. The number of hydrogen-bond acceptors (Lipinski definition) is 6. The maximum Gasteiger partial charge on any atom is 0.226 e. The molecule has 1 amide bonds. The predicted molar refractivity (Wildman–Crippen MR) is 109 cm³/mol. The second kappa shape index (κ2) is 9.23. The molecule has 0 fully saturated rings. The zero-order chi connectivity index (χ0) is 19.1. The van der Waals surface area contributed by atoms with E-state index in [9.17, 15) is 4.79 Å². The van der Waals surface area contributed by atoms with Gasteiger partial charge in [-0.3, -0.25) is 4.79 Å². The molecule has 140 valence electrons. The summed E-state index contributed by atoms with van der Waals surface area (Å²) in [7, 11) is 4.06. The lowest BCUT2D eigenvalue weighted by atomic mass is 10.1. The lowest BCUT2D eigenvalue weighted by Crippen LogP contribution is -2.26. The van der Waals surface area contributed by atoms with Crippen molar-refractivity contribution in [2.45, 2.75) is 19.3 Å². The average molecular weight is 382 g/mol. The summed E-state index contributed by atoms with van der Waals surface area (Å²) in [5.74, 6) is 0.582. The second-order valence-corrected chi connectivity index (χ2v) is 7.27. The summed E-state index contributed by atoms with van der Waals surface area (Å²) in [5, 5.41) is 5.59. The number of anilines is 1. The molecule has 0 saturated heterocycles. The molecule has 0 aliphatic rings. The van der Waals surface area contributed by atoms with Crippen LogP contribution in [-0.2, 0) is 17.6 Å². The first-order chi connectivity index (χ1) is 13.1. The van der Waals surface area contributed by atoms with Gasteiger partial charge in [0.25, 0.3) is 0 Å². The minimum atomic E-state index is -0.0104. The maximum absolute atomic E-state index is 12.1. The van der Waals surface area contributed by atoms with E-state index in [1.165, 1.54) is 22.6 Å². The molecular formula is C20H23N5OS. The van der Waals surface area contributed by atoms with Crippen molar-refractivity contribution in [3.63, 3.8) is 0 Å². The van der Waals surface area contributed by atoms with Crippen molar-refractivity contribution in [1.29, 1.82) is 0 Å². The van der Waals surface area contributed by atoms with Crippen molar-refractivity contribution in [1.82, 2.24) is 20.3 Å². The smallest absolute Gasteiger partial charge is 0.226 e. The fraction of sp³-hybridized carbons (Fsp3) is 0.300. The van der Waals surface area contributed by atoms with Gasteiger partial charge in [0.15, 0.2) is 10.8 Å². The Morgan fingerprint density at radius 3 is 2.59 bits per heavy atom. The van der Waals surface area contributed by atoms with Crippen molar-refractivity contribution in [3.8, 4) is 10.8 Å². The highest BCUT2D eigenvalue weighted by Gasteiger charge is 2.10. The minimum absolute atomic E-state index is 0.0104. The minimum Gasteiger partial charge on any atom is -0.378 e. The molecule has 0 saturated carbocycles. The summed E-state index contributed by atoms with van der Waals surface area (Å²) in [6.45, 7) is 0.660. The molecule has 0 unspecified atom stereocenters. The Balaban J connectivity index is 1.40. The molecule has 0 atom stereocenters. The molecule has 3 rings (SSSR count). The number of carbonyl (C=O) groups excluding carboxylic acids is 1. The number of amides is 1. The Bertz CT molecular complexity index is 862. The number of rotatable bonds is 8. The van der Waals surface area contributed by atoms with Gasteiger partial charge in [-0.2, -0.15) is 0 Å². The molecule has 0 radical (unpaired) electrons. The largest absolute Gasteiger partial charge is 0.378 e. The zero-order valence-corrected chi connectivity index (χ0v) is 16.4. The number of carbonyl (C=O) groups is 1. The van der Waals surface area contributed by atoms with Gasteiger partial charge >= 0.3 is 0 Å². The number of nitrogens with zero attached hydrogens (tertiary/aromatic N) is 4. The maximum atomic E-state index is 12.1. The fourth-order valence-corrected chi connectivity index (χ4v) is 3.37. The van der Waals surface area contributed by atoms with Gasteiger partial charge in [0, 0.05) is 44.1 Å². The van der Waals surface area contributed by atoms with E-state index in [4.69, 9.17) is 0 Å². The summed E-state index contributed by atoms with van der Waals surface area (Å²) in [6.07, 6.45) is 5.50. The van der Waals surface area contributed by atoms with Crippen LogP contribution in [0, 0.1) is 0 Å². The van der Waals surface area contributed by atoms with E-state index in [2.05, 4.69) is 49.4 Å². The van der Waals surface area contributed by atoms with Gasteiger partial charge in [-0.05, 0) is 36.6 Å². The van der Waals surface area contributed by atoms with Gasteiger partial charge in [0.2, 0.25) is 5.91 Å². The van der Waals surface area contributed by atoms with Crippen LogP contribution >= 0.6 is 11.3 Å². The van der Waals surface area contributed by atoms with Crippen molar-refractivity contribution in [2.24, 2.45) is 0 Å².